The SMILES string of the molecule is CC1(C)C(O)CC1Oc1ccc(F)c(Br)c1. The number of benzene rings is 1. The van der Waals surface area contributed by atoms with Crippen LogP contribution in [0.4, 0.5) is 4.39 Å². The monoisotopic (exact) mass is 288 g/mol. The highest BCUT2D eigenvalue weighted by molar-refractivity contribution is 9.10. The molecule has 0 aromatic heterocycles. The van der Waals surface area contributed by atoms with Crippen LogP contribution in [0.1, 0.15) is 20.3 Å². The minimum Gasteiger partial charge on any atom is -0.490 e. The molecule has 4 heteroatoms. The van der Waals surface area contributed by atoms with Gasteiger partial charge in [0.15, 0.2) is 0 Å². The summed E-state index contributed by atoms with van der Waals surface area (Å²) in [4.78, 5) is 0. The van der Waals surface area contributed by atoms with E-state index in [9.17, 15) is 9.50 Å². The summed E-state index contributed by atoms with van der Waals surface area (Å²) in [7, 11) is 0. The zero-order chi connectivity index (χ0) is 11.9. The second-order valence-corrected chi connectivity index (χ2v) is 5.61. The fraction of sp³-hybridized carbons (Fsp3) is 0.500. The summed E-state index contributed by atoms with van der Waals surface area (Å²) < 4.78 is 19.1. The molecule has 2 nitrogen and oxygen atoms in total. The maximum Gasteiger partial charge on any atom is 0.137 e. The summed E-state index contributed by atoms with van der Waals surface area (Å²) in [5.74, 6) is 0.318. The lowest BCUT2D eigenvalue weighted by molar-refractivity contribution is -0.134. The van der Waals surface area contributed by atoms with Crippen LogP contribution < -0.4 is 4.74 Å². The van der Waals surface area contributed by atoms with Crippen LogP contribution in [0.15, 0.2) is 22.7 Å². The fourth-order valence-electron chi connectivity index (χ4n) is 1.78. The van der Waals surface area contributed by atoms with Crippen molar-refractivity contribution in [3.05, 3.63) is 28.5 Å². The number of aliphatic hydroxyl groups is 1. The standard InChI is InChI=1S/C12H14BrFO2/c1-12(2)10(15)6-11(12)16-7-3-4-9(14)8(13)5-7/h3-5,10-11,15H,6H2,1-2H3. The van der Waals surface area contributed by atoms with Crippen molar-refractivity contribution in [3.8, 4) is 5.75 Å². The average Bonchev–Trinajstić information content (AvgIpc) is 2.23. The van der Waals surface area contributed by atoms with E-state index in [4.69, 9.17) is 4.74 Å². The van der Waals surface area contributed by atoms with E-state index in [0.29, 0.717) is 16.6 Å². The van der Waals surface area contributed by atoms with E-state index in [0.717, 1.165) is 0 Å². The van der Waals surface area contributed by atoms with Crippen molar-refractivity contribution < 1.29 is 14.2 Å². The molecular weight excluding hydrogens is 275 g/mol. The van der Waals surface area contributed by atoms with Gasteiger partial charge in [0, 0.05) is 11.8 Å². The average molecular weight is 289 g/mol. The Kier molecular flexibility index (Phi) is 2.97. The van der Waals surface area contributed by atoms with Crippen molar-refractivity contribution in [1.29, 1.82) is 0 Å². The Morgan fingerprint density at radius 3 is 2.69 bits per heavy atom. The van der Waals surface area contributed by atoms with E-state index in [1.165, 1.54) is 6.07 Å². The smallest absolute Gasteiger partial charge is 0.137 e. The largest absolute Gasteiger partial charge is 0.490 e. The Morgan fingerprint density at radius 1 is 1.50 bits per heavy atom. The highest BCUT2D eigenvalue weighted by atomic mass is 79.9. The van der Waals surface area contributed by atoms with Crippen LogP contribution in [0.25, 0.3) is 0 Å². The summed E-state index contributed by atoms with van der Waals surface area (Å²) in [5.41, 5.74) is -0.235. The first-order valence-corrected chi connectivity index (χ1v) is 6.00. The van der Waals surface area contributed by atoms with Gasteiger partial charge in [0.2, 0.25) is 0 Å². The van der Waals surface area contributed by atoms with Gasteiger partial charge in [-0.1, -0.05) is 13.8 Å². The van der Waals surface area contributed by atoms with Crippen LogP contribution in [0, 0.1) is 11.2 Å². The molecule has 1 saturated carbocycles. The number of rotatable bonds is 2. The molecule has 0 heterocycles. The molecule has 16 heavy (non-hydrogen) atoms. The molecule has 1 aromatic rings. The lowest BCUT2D eigenvalue weighted by Gasteiger charge is -2.48. The van der Waals surface area contributed by atoms with E-state index < -0.39 is 0 Å². The molecule has 1 aliphatic carbocycles. The quantitative estimate of drug-likeness (QED) is 0.906. The zero-order valence-corrected chi connectivity index (χ0v) is 10.8. The molecule has 1 aliphatic rings. The predicted octanol–water partition coefficient (Wildman–Crippen LogP) is 3.13. The van der Waals surface area contributed by atoms with Crippen LogP contribution in [-0.2, 0) is 0 Å². The van der Waals surface area contributed by atoms with E-state index in [1.807, 2.05) is 13.8 Å². The Bertz CT molecular complexity index is 406. The molecule has 2 unspecified atom stereocenters. The van der Waals surface area contributed by atoms with E-state index in [-0.39, 0.29) is 23.4 Å². The van der Waals surface area contributed by atoms with Gasteiger partial charge in [-0.05, 0) is 34.1 Å². The molecule has 2 rings (SSSR count). The zero-order valence-electron chi connectivity index (χ0n) is 9.21. The molecule has 0 aliphatic heterocycles. The van der Waals surface area contributed by atoms with Gasteiger partial charge >= 0.3 is 0 Å². The first-order chi connectivity index (χ1) is 7.41. The van der Waals surface area contributed by atoms with Crippen LogP contribution in [-0.4, -0.2) is 17.3 Å². The van der Waals surface area contributed by atoms with E-state index in [1.54, 1.807) is 12.1 Å². The number of aliphatic hydroxyl groups excluding tert-OH is 1. The molecule has 1 aromatic carbocycles. The first kappa shape index (κ1) is 11.9. The van der Waals surface area contributed by atoms with E-state index >= 15 is 0 Å². The van der Waals surface area contributed by atoms with Crippen molar-refractivity contribution in [1.82, 2.24) is 0 Å². The lowest BCUT2D eigenvalue weighted by atomic mass is 9.66. The topological polar surface area (TPSA) is 29.5 Å². The van der Waals surface area contributed by atoms with Crippen LogP contribution in [0.5, 0.6) is 5.75 Å². The molecule has 0 radical (unpaired) electrons. The molecule has 1 N–H and O–H groups in total. The summed E-state index contributed by atoms with van der Waals surface area (Å²) in [6.07, 6.45) is 0.295. The second-order valence-electron chi connectivity index (χ2n) is 4.76. The molecule has 1 fully saturated rings. The van der Waals surface area contributed by atoms with E-state index in [2.05, 4.69) is 15.9 Å². The minimum absolute atomic E-state index is 0.0140. The third-order valence-electron chi connectivity index (χ3n) is 3.30. The number of halogens is 2. The third kappa shape index (κ3) is 1.96. The lowest BCUT2D eigenvalue weighted by Crippen LogP contribution is -2.56. The van der Waals surface area contributed by atoms with Gasteiger partial charge < -0.3 is 9.84 Å². The molecule has 0 bridgehead atoms. The van der Waals surface area contributed by atoms with Crippen molar-refractivity contribution in [3.63, 3.8) is 0 Å². The summed E-state index contributed by atoms with van der Waals surface area (Å²) in [6, 6.07) is 4.57. The summed E-state index contributed by atoms with van der Waals surface area (Å²) >= 11 is 3.11. The van der Waals surface area contributed by atoms with Crippen LogP contribution >= 0.6 is 15.9 Å². The van der Waals surface area contributed by atoms with Crippen molar-refractivity contribution >= 4 is 15.9 Å². The normalized spacial score (nSPS) is 27.3. The maximum atomic E-state index is 13.0. The third-order valence-corrected chi connectivity index (χ3v) is 3.90. The number of hydrogen-bond acceptors (Lipinski definition) is 2. The molecule has 88 valence electrons. The fourth-order valence-corrected chi connectivity index (χ4v) is 2.14. The van der Waals surface area contributed by atoms with Crippen molar-refractivity contribution in [2.75, 3.05) is 0 Å². The van der Waals surface area contributed by atoms with Gasteiger partial charge in [-0.3, -0.25) is 0 Å². The van der Waals surface area contributed by atoms with Crippen molar-refractivity contribution in [2.24, 2.45) is 5.41 Å². The molecule has 0 saturated heterocycles. The Labute approximate surface area is 103 Å². The Balaban J connectivity index is 2.08. The van der Waals surface area contributed by atoms with Gasteiger partial charge in [0.25, 0.3) is 0 Å². The van der Waals surface area contributed by atoms with Gasteiger partial charge in [0.1, 0.15) is 17.7 Å². The number of ether oxygens (including phenoxy) is 1. The van der Waals surface area contributed by atoms with Crippen molar-refractivity contribution in [2.45, 2.75) is 32.5 Å². The Hall–Kier alpha value is -0.610. The van der Waals surface area contributed by atoms with Gasteiger partial charge in [-0.15, -0.1) is 0 Å². The summed E-state index contributed by atoms with van der Waals surface area (Å²) in [6.45, 7) is 3.93. The van der Waals surface area contributed by atoms with Crippen LogP contribution in [0.3, 0.4) is 0 Å². The highest BCUT2D eigenvalue weighted by Gasteiger charge is 2.49. The molecule has 0 spiro atoms. The van der Waals surface area contributed by atoms with Gasteiger partial charge in [-0.2, -0.15) is 0 Å². The van der Waals surface area contributed by atoms with Gasteiger partial charge in [-0.25, -0.2) is 4.39 Å². The summed E-state index contributed by atoms with van der Waals surface area (Å²) in [5, 5.41) is 9.57. The first-order valence-electron chi connectivity index (χ1n) is 5.21. The van der Waals surface area contributed by atoms with Crippen LogP contribution in [0.2, 0.25) is 0 Å². The second kappa shape index (κ2) is 4.00. The maximum absolute atomic E-state index is 13.0. The molecule has 2 atom stereocenters. The predicted molar refractivity (Wildman–Crippen MR) is 62.9 cm³/mol. The molecular formula is C12H14BrFO2. The Morgan fingerprint density at radius 2 is 2.19 bits per heavy atom. The molecule has 0 amide bonds. The van der Waals surface area contributed by atoms with Gasteiger partial charge in [0.05, 0.1) is 10.6 Å². The number of hydrogen-bond donors (Lipinski definition) is 1. The highest BCUT2D eigenvalue weighted by Crippen LogP contribution is 2.43. The minimum atomic E-state index is -0.318.